The van der Waals surface area contributed by atoms with E-state index in [1.807, 2.05) is 50.2 Å². The summed E-state index contributed by atoms with van der Waals surface area (Å²) in [5, 5.41) is 14.3. The van der Waals surface area contributed by atoms with E-state index in [0.29, 0.717) is 11.9 Å². The van der Waals surface area contributed by atoms with E-state index >= 15 is 0 Å². The van der Waals surface area contributed by atoms with Crippen molar-refractivity contribution in [2.45, 2.75) is 129 Å². The first-order valence-electron chi connectivity index (χ1n) is 20.3. The number of nitrogens with zero attached hydrogens (tertiary/aromatic N) is 3. The number of hydrogen-bond acceptors (Lipinski definition) is 14. The predicted octanol–water partition coefficient (Wildman–Crippen LogP) is 4.67. The summed E-state index contributed by atoms with van der Waals surface area (Å²) in [7, 11) is 3.66. The molecule has 0 aliphatic carbocycles. The molecule has 2 aromatic rings. The summed E-state index contributed by atoms with van der Waals surface area (Å²) in [6, 6.07) is 5.22. The van der Waals surface area contributed by atoms with Crippen LogP contribution in [0.25, 0.3) is 17.1 Å². The quantitative estimate of drug-likeness (QED) is 0.212. The van der Waals surface area contributed by atoms with Gasteiger partial charge < -0.3 is 39.0 Å². The fourth-order valence-corrected chi connectivity index (χ4v) is 9.06. The zero-order valence-corrected chi connectivity index (χ0v) is 35.3. The van der Waals surface area contributed by atoms with Crippen molar-refractivity contribution in [3.8, 4) is 0 Å². The van der Waals surface area contributed by atoms with Crippen LogP contribution in [0.1, 0.15) is 86.6 Å². The number of carbonyl (C=O) groups excluding carboxylic acids is 5. The normalized spacial score (nSPS) is 36.7. The maximum atomic E-state index is 14.4. The van der Waals surface area contributed by atoms with Crippen LogP contribution >= 0.6 is 0 Å². The van der Waals surface area contributed by atoms with E-state index in [9.17, 15) is 29.1 Å². The number of ketones is 2. The second-order valence-corrected chi connectivity index (χ2v) is 16.9. The first-order valence-corrected chi connectivity index (χ1v) is 20.3. The number of carbonyl (C=O) groups is 5. The largest absolute Gasteiger partial charge is 0.458 e. The Kier molecular flexibility index (Phi) is 14.1. The van der Waals surface area contributed by atoms with E-state index in [1.54, 1.807) is 60.0 Å². The maximum absolute atomic E-state index is 14.4. The molecule has 1 amide bonds. The average molecular weight is 809 g/mol. The number of aromatic nitrogens is 2. The van der Waals surface area contributed by atoms with Gasteiger partial charge in [-0.3, -0.25) is 29.1 Å². The first-order chi connectivity index (χ1) is 27.3. The van der Waals surface area contributed by atoms with E-state index in [1.165, 1.54) is 6.92 Å². The lowest BCUT2D eigenvalue weighted by atomic mass is 9.70. The molecule has 1 aromatic carbocycles. The number of aliphatic hydroxyl groups excluding tert-OH is 1. The lowest BCUT2D eigenvalue weighted by molar-refractivity contribution is -0.292. The van der Waals surface area contributed by atoms with Crippen LogP contribution < -0.4 is 5.32 Å². The van der Waals surface area contributed by atoms with Gasteiger partial charge in [-0.05, 0) is 78.7 Å². The summed E-state index contributed by atoms with van der Waals surface area (Å²) in [5.41, 5.74) is -0.755. The summed E-state index contributed by atoms with van der Waals surface area (Å²) in [6.07, 6.45) is 1.43. The number of benzene rings is 1. The highest BCUT2D eigenvalue weighted by molar-refractivity contribution is 6.00. The van der Waals surface area contributed by atoms with Crippen molar-refractivity contribution in [2.75, 3.05) is 20.6 Å². The Hall–Kier alpha value is -4.31. The second-order valence-electron chi connectivity index (χ2n) is 16.9. The number of esters is 2. The van der Waals surface area contributed by atoms with Crippen LogP contribution in [0.4, 0.5) is 4.79 Å². The molecule has 13 atom stereocenters. The average Bonchev–Trinajstić information content (AvgIpc) is 3.50. The minimum Gasteiger partial charge on any atom is -0.458 e. The molecular weight excluding hydrogens is 748 g/mol. The fraction of sp³-hybridized carbons (Fsp3) is 0.651. The van der Waals surface area contributed by atoms with Gasteiger partial charge in [0.05, 0.1) is 23.6 Å². The number of Topliss-reactive ketones (excluding diaryl/α,β-unsaturated/α-hetero) is 2. The van der Waals surface area contributed by atoms with Crippen molar-refractivity contribution in [3.05, 3.63) is 42.2 Å². The number of aliphatic hydroxyl groups is 1. The first kappa shape index (κ1) is 44.8. The topological polar surface area (TPSA) is 193 Å². The summed E-state index contributed by atoms with van der Waals surface area (Å²) < 4.78 is 30.8. The zero-order chi connectivity index (χ0) is 42.7. The van der Waals surface area contributed by atoms with Crippen molar-refractivity contribution in [3.63, 3.8) is 0 Å². The molecule has 3 aliphatic heterocycles. The number of ether oxygens (including phenoxy) is 5. The molecule has 15 nitrogen and oxygen atoms in total. The Morgan fingerprint density at radius 2 is 1.71 bits per heavy atom. The van der Waals surface area contributed by atoms with Crippen molar-refractivity contribution in [2.24, 2.45) is 29.6 Å². The van der Waals surface area contributed by atoms with E-state index in [4.69, 9.17) is 23.7 Å². The lowest BCUT2D eigenvalue weighted by Gasteiger charge is -2.47. The summed E-state index contributed by atoms with van der Waals surface area (Å²) >= 11 is 0. The number of likely N-dealkylation sites (N-methyl/N-ethyl adjacent to an activating group) is 1. The number of nitrogens with one attached hydrogen (secondary N) is 1. The van der Waals surface area contributed by atoms with Crippen LogP contribution in [0.2, 0.25) is 0 Å². The number of hydrogen-bond donors (Lipinski definition) is 2. The molecule has 0 spiro atoms. The Bertz CT molecular complexity index is 1870. The molecule has 58 heavy (non-hydrogen) atoms. The van der Waals surface area contributed by atoms with Crippen LogP contribution in [-0.2, 0) is 42.9 Å². The molecule has 318 valence electrons. The third kappa shape index (κ3) is 9.59. The highest BCUT2D eigenvalue weighted by Gasteiger charge is 2.57. The number of fused-ring (bicyclic) bond motifs is 2. The van der Waals surface area contributed by atoms with E-state index in [0.717, 1.165) is 11.1 Å². The van der Waals surface area contributed by atoms with Crippen LogP contribution in [-0.4, -0.2) is 118 Å². The highest BCUT2D eigenvalue weighted by Crippen LogP contribution is 2.45. The maximum Gasteiger partial charge on any atom is 0.408 e. The molecule has 15 heteroatoms. The summed E-state index contributed by atoms with van der Waals surface area (Å²) in [5.74, 6) is -6.85. The molecule has 0 saturated carbocycles. The predicted molar refractivity (Wildman–Crippen MR) is 213 cm³/mol. The van der Waals surface area contributed by atoms with Crippen molar-refractivity contribution >= 4 is 46.7 Å². The van der Waals surface area contributed by atoms with Gasteiger partial charge in [0.1, 0.15) is 41.2 Å². The van der Waals surface area contributed by atoms with E-state index < -0.39 is 89.2 Å². The third-order valence-corrected chi connectivity index (χ3v) is 12.3. The van der Waals surface area contributed by atoms with Crippen LogP contribution in [0, 0.1) is 29.6 Å². The minimum atomic E-state index is -1.73. The van der Waals surface area contributed by atoms with Gasteiger partial charge in [0.25, 0.3) is 0 Å². The van der Waals surface area contributed by atoms with Gasteiger partial charge >= 0.3 is 18.0 Å². The van der Waals surface area contributed by atoms with Crippen molar-refractivity contribution in [1.29, 1.82) is 0 Å². The smallest absolute Gasteiger partial charge is 0.408 e. The van der Waals surface area contributed by atoms with Gasteiger partial charge in [0.15, 0.2) is 12.1 Å². The van der Waals surface area contributed by atoms with Crippen molar-refractivity contribution < 1.29 is 52.8 Å². The number of amides is 1. The van der Waals surface area contributed by atoms with Gasteiger partial charge in [-0.1, -0.05) is 45.9 Å². The minimum absolute atomic E-state index is 0.0567. The third-order valence-electron chi connectivity index (χ3n) is 12.3. The molecular formula is C43H60N4O11. The van der Waals surface area contributed by atoms with Gasteiger partial charge in [0, 0.05) is 48.7 Å². The lowest BCUT2D eigenvalue weighted by Crippen LogP contribution is -2.60. The van der Waals surface area contributed by atoms with Gasteiger partial charge in [-0.2, -0.15) is 0 Å². The van der Waals surface area contributed by atoms with Gasteiger partial charge in [-0.25, -0.2) is 4.79 Å². The standard InChI is InChI=1S/C43H60N4O11/c1-11-33-43(8)29(21-34(48)57-43)25(4)35(49)23(2)22-42(7,58-41(53)46-16-12-13-28-14-15-30-31(20-28)45-18-17-44-30)38(26(5)36(50)27(6)39(52)55-33)56-40-37(51)32(47(9)10)19-24(3)54-40/h12-15,17-18,20,23-27,29,32-33,37-38,40,51H,11,16,19,21-22H2,1-10H3,(H,46,53)/b13-12+/t23-,24-,25-,26+,27-,29-,32+,33-,37-,38-,40+,42-,43+/m1/s1. The zero-order valence-electron chi connectivity index (χ0n) is 35.3. The number of rotatable bonds is 8. The Balaban J connectivity index is 1.51. The van der Waals surface area contributed by atoms with Gasteiger partial charge in [-0.15, -0.1) is 0 Å². The molecule has 0 unspecified atom stereocenters. The molecule has 5 rings (SSSR count). The SMILES string of the molecule is CC[C@H]1OC(=O)[C@H](C)C(=O)[C@H](C)[C@@H](O[C@@H]2O[C@H](C)C[C@H](N(C)C)[C@H]2O)[C@](C)(OC(=O)NC/C=C/c2ccc3nccnc3c2)C[C@@H](C)C(=O)[C@H](C)[C@H]2CC(=O)O[C@@]21C. The Morgan fingerprint density at radius 3 is 2.38 bits per heavy atom. The van der Waals surface area contributed by atoms with E-state index in [-0.39, 0.29) is 43.7 Å². The molecule has 3 aliphatic rings. The van der Waals surface area contributed by atoms with Gasteiger partial charge in [0.2, 0.25) is 0 Å². The molecule has 1 aromatic heterocycles. The van der Waals surface area contributed by atoms with Crippen LogP contribution in [0.15, 0.2) is 36.7 Å². The second kappa shape index (κ2) is 18.3. The van der Waals surface area contributed by atoms with E-state index in [2.05, 4.69) is 15.3 Å². The molecule has 0 bridgehead atoms. The summed E-state index contributed by atoms with van der Waals surface area (Å²) in [4.78, 5) is 79.8. The fourth-order valence-electron chi connectivity index (χ4n) is 9.06. The monoisotopic (exact) mass is 808 g/mol. The van der Waals surface area contributed by atoms with Crippen LogP contribution in [0.5, 0.6) is 0 Å². The van der Waals surface area contributed by atoms with Crippen molar-refractivity contribution in [1.82, 2.24) is 20.2 Å². The molecule has 0 radical (unpaired) electrons. The molecule has 4 heterocycles. The summed E-state index contributed by atoms with van der Waals surface area (Å²) in [6.45, 7) is 13.4. The Labute approximate surface area is 340 Å². The number of alkyl carbamates (subject to hydrolysis) is 1. The molecule has 3 saturated heterocycles. The van der Waals surface area contributed by atoms with Crippen LogP contribution in [0.3, 0.4) is 0 Å². The molecule has 3 fully saturated rings. The molecule has 2 N–H and O–H groups in total. The Morgan fingerprint density at radius 1 is 1.02 bits per heavy atom. The number of cyclic esters (lactones) is 1. The highest BCUT2D eigenvalue weighted by atomic mass is 16.7.